The van der Waals surface area contributed by atoms with Gasteiger partial charge in [-0.2, -0.15) is 0 Å². The molecule has 3 rings (SSSR count). The van der Waals surface area contributed by atoms with Crippen LogP contribution in [0.4, 0.5) is 4.39 Å². The number of alkyl halides is 1. The molecule has 1 aliphatic carbocycles. The molecule has 0 bridgehead atoms. The molecule has 2 nitrogen and oxygen atoms in total. The van der Waals surface area contributed by atoms with E-state index < -0.39 is 5.82 Å². The van der Waals surface area contributed by atoms with Crippen LogP contribution < -0.4 is 0 Å². The lowest BCUT2D eigenvalue weighted by Gasteiger charge is -2.11. The van der Waals surface area contributed by atoms with Gasteiger partial charge >= 0.3 is 0 Å². The summed E-state index contributed by atoms with van der Waals surface area (Å²) >= 11 is 11.9. The third-order valence-electron chi connectivity index (χ3n) is 5.33. The molecule has 0 saturated heterocycles. The number of hydrogen-bond donors (Lipinski definition) is 0. The van der Waals surface area contributed by atoms with Gasteiger partial charge in [0, 0.05) is 24.4 Å². The third-order valence-corrected chi connectivity index (χ3v) is 5.80. The maximum absolute atomic E-state index is 13.7. The number of nitrogens with zero attached hydrogens (tertiary/aromatic N) is 2. The SMILES string of the molecule is CC1(C)C(n2c(CCCl)nc3cc(F)c(Cl)cc32)C1(C)C. The lowest BCUT2D eigenvalue weighted by Crippen LogP contribution is -2.07. The number of aromatic nitrogens is 2. The van der Waals surface area contributed by atoms with Gasteiger partial charge in [-0.25, -0.2) is 9.37 Å². The lowest BCUT2D eigenvalue weighted by atomic mass is 10.0. The number of halogens is 3. The van der Waals surface area contributed by atoms with Crippen molar-refractivity contribution in [1.82, 2.24) is 9.55 Å². The number of hydrogen-bond acceptors (Lipinski definition) is 1. The van der Waals surface area contributed by atoms with E-state index in [9.17, 15) is 4.39 Å². The Hall–Kier alpha value is -0.800. The van der Waals surface area contributed by atoms with Gasteiger partial charge in [0.1, 0.15) is 11.6 Å². The van der Waals surface area contributed by atoms with Crippen molar-refractivity contribution in [1.29, 1.82) is 0 Å². The Kier molecular flexibility index (Phi) is 3.31. The molecule has 0 N–H and O–H groups in total. The summed E-state index contributed by atoms with van der Waals surface area (Å²) < 4.78 is 15.9. The number of fused-ring (bicyclic) bond motifs is 1. The molecule has 1 fully saturated rings. The van der Waals surface area contributed by atoms with Crippen LogP contribution in [-0.2, 0) is 6.42 Å². The van der Waals surface area contributed by atoms with Crippen LogP contribution in [0.25, 0.3) is 11.0 Å². The fraction of sp³-hybridized carbons (Fsp3) is 0.562. The number of rotatable bonds is 3. The van der Waals surface area contributed by atoms with Crippen LogP contribution in [-0.4, -0.2) is 15.4 Å². The van der Waals surface area contributed by atoms with E-state index in [2.05, 4.69) is 37.2 Å². The number of benzene rings is 1. The van der Waals surface area contributed by atoms with Crippen molar-refractivity contribution in [2.75, 3.05) is 5.88 Å². The minimum Gasteiger partial charge on any atom is -0.324 e. The van der Waals surface area contributed by atoms with Crippen LogP contribution in [0.1, 0.15) is 39.6 Å². The van der Waals surface area contributed by atoms with Gasteiger partial charge in [0.15, 0.2) is 0 Å². The van der Waals surface area contributed by atoms with Crippen LogP contribution in [0, 0.1) is 16.6 Å². The summed E-state index contributed by atoms with van der Waals surface area (Å²) in [4.78, 5) is 4.58. The first-order chi connectivity index (χ1) is 9.71. The first kappa shape index (κ1) is 15.1. The molecular weight excluding hydrogens is 310 g/mol. The maximum Gasteiger partial charge on any atom is 0.144 e. The second-order valence-corrected chi connectivity index (χ2v) is 7.72. The largest absolute Gasteiger partial charge is 0.324 e. The highest BCUT2D eigenvalue weighted by Gasteiger charge is 2.66. The van der Waals surface area contributed by atoms with Gasteiger partial charge in [-0.15, -0.1) is 11.6 Å². The van der Waals surface area contributed by atoms with E-state index in [1.165, 1.54) is 6.07 Å². The molecule has 5 heteroatoms. The molecule has 1 aliphatic rings. The molecule has 1 heterocycles. The molecule has 1 aromatic heterocycles. The van der Waals surface area contributed by atoms with Crippen LogP contribution in [0.5, 0.6) is 0 Å². The van der Waals surface area contributed by atoms with Crippen molar-refractivity contribution in [2.24, 2.45) is 10.8 Å². The maximum atomic E-state index is 13.7. The van der Waals surface area contributed by atoms with Crippen molar-refractivity contribution < 1.29 is 4.39 Å². The molecule has 0 radical (unpaired) electrons. The summed E-state index contributed by atoms with van der Waals surface area (Å²) in [6.07, 6.45) is 0.665. The average Bonchev–Trinajstić information content (AvgIpc) is 2.65. The Labute approximate surface area is 134 Å². The van der Waals surface area contributed by atoms with E-state index in [4.69, 9.17) is 23.2 Å². The number of imidazole rings is 1. The summed E-state index contributed by atoms with van der Waals surface area (Å²) in [5.41, 5.74) is 1.85. The fourth-order valence-corrected chi connectivity index (χ4v) is 3.82. The van der Waals surface area contributed by atoms with Gasteiger partial charge in [0.25, 0.3) is 0 Å². The Balaban J connectivity index is 2.25. The zero-order valence-corrected chi connectivity index (χ0v) is 14.2. The summed E-state index contributed by atoms with van der Waals surface area (Å²) in [5, 5.41) is 0.136. The molecule has 0 unspecified atom stereocenters. The van der Waals surface area contributed by atoms with E-state index >= 15 is 0 Å². The summed E-state index contributed by atoms with van der Waals surface area (Å²) in [6, 6.07) is 3.41. The highest BCUT2D eigenvalue weighted by molar-refractivity contribution is 6.31. The molecule has 0 atom stereocenters. The molecule has 1 aromatic carbocycles. The molecular formula is C16H19Cl2FN2. The quantitative estimate of drug-likeness (QED) is 0.706. The van der Waals surface area contributed by atoms with Gasteiger partial charge in [0.2, 0.25) is 0 Å². The highest BCUT2D eigenvalue weighted by atomic mass is 35.5. The Morgan fingerprint density at radius 1 is 1.24 bits per heavy atom. The topological polar surface area (TPSA) is 17.8 Å². The highest BCUT2D eigenvalue weighted by Crippen LogP contribution is 2.72. The minimum absolute atomic E-state index is 0.136. The minimum atomic E-state index is -0.430. The Morgan fingerprint density at radius 2 is 1.86 bits per heavy atom. The van der Waals surface area contributed by atoms with Crippen LogP contribution in [0.15, 0.2) is 12.1 Å². The van der Waals surface area contributed by atoms with Crippen LogP contribution in [0.3, 0.4) is 0 Å². The molecule has 1 saturated carbocycles. The van der Waals surface area contributed by atoms with Crippen molar-refractivity contribution in [3.05, 3.63) is 28.8 Å². The molecule has 0 aliphatic heterocycles. The fourth-order valence-electron chi connectivity index (χ4n) is 3.50. The van der Waals surface area contributed by atoms with Gasteiger partial charge < -0.3 is 4.57 Å². The molecule has 114 valence electrons. The van der Waals surface area contributed by atoms with Crippen molar-refractivity contribution in [3.8, 4) is 0 Å². The van der Waals surface area contributed by atoms with Crippen LogP contribution in [0.2, 0.25) is 5.02 Å². The zero-order valence-electron chi connectivity index (χ0n) is 12.7. The van der Waals surface area contributed by atoms with Gasteiger partial charge in [0.05, 0.1) is 16.1 Å². The van der Waals surface area contributed by atoms with E-state index in [0.29, 0.717) is 23.9 Å². The monoisotopic (exact) mass is 328 g/mol. The average molecular weight is 329 g/mol. The number of aryl methyl sites for hydroxylation is 1. The van der Waals surface area contributed by atoms with Gasteiger partial charge in [-0.05, 0) is 16.9 Å². The zero-order chi connectivity index (χ0) is 15.6. The van der Waals surface area contributed by atoms with Crippen molar-refractivity contribution in [2.45, 2.75) is 40.2 Å². The van der Waals surface area contributed by atoms with E-state index in [1.807, 2.05) is 0 Å². The Morgan fingerprint density at radius 3 is 2.38 bits per heavy atom. The summed E-state index contributed by atoms with van der Waals surface area (Å²) in [6.45, 7) is 9.00. The van der Waals surface area contributed by atoms with E-state index in [1.54, 1.807) is 6.07 Å². The smallest absolute Gasteiger partial charge is 0.144 e. The predicted octanol–water partition coefficient (Wildman–Crippen LogP) is 5.22. The van der Waals surface area contributed by atoms with E-state index in [-0.39, 0.29) is 15.9 Å². The van der Waals surface area contributed by atoms with Gasteiger partial charge in [-0.1, -0.05) is 39.3 Å². The second-order valence-electron chi connectivity index (χ2n) is 6.94. The van der Waals surface area contributed by atoms with Crippen LogP contribution >= 0.6 is 23.2 Å². The molecule has 2 aromatic rings. The lowest BCUT2D eigenvalue weighted by molar-refractivity contribution is 0.457. The summed E-state index contributed by atoms with van der Waals surface area (Å²) in [5.74, 6) is 0.971. The first-order valence-electron chi connectivity index (χ1n) is 7.13. The second kappa shape index (κ2) is 4.60. The van der Waals surface area contributed by atoms with Crippen molar-refractivity contribution >= 4 is 34.2 Å². The van der Waals surface area contributed by atoms with Gasteiger partial charge in [-0.3, -0.25) is 0 Å². The third kappa shape index (κ3) is 2.01. The summed E-state index contributed by atoms with van der Waals surface area (Å²) in [7, 11) is 0. The predicted molar refractivity (Wildman–Crippen MR) is 85.7 cm³/mol. The first-order valence-corrected chi connectivity index (χ1v) is 8.05. The van der Waals surface area contributed by atoms with Crippen molar-refractivity contribution in [3.63, 3.8) is 0 Å². The van der Waals surface area contributed by atoms with E-state index in [0.717, 1.165) is 11.3 Å². The Bertz CT molecular complexity index is 705. The molecule has 21 heavy (non-hydrogen) atoms. The standard InChI is InChI=1S/C16H19Cl2FN2/c1-15(2)14(16(15,3)4)21-12-7-9(18)10(19)8-11(12)20-13(21)5-6-17/h7-8,14H,5-6H2,1-4H3. The molecule has 0 amide bonds. The molecule has 0 spiro atoms. The normalized spacial score (nSPS) is 20.1.